The molecule has 0 radical (unpaired) electrons. The van der Waals surface area contributed by atoms with E-state index < -0.39 is 17.7 Å². The van der Waals surface area contributed by atoms with Gasteiger partial charge in [-0.2, -0.15) is 0 Å². The van der Waals surface area contributed by atoms with Crippen molar-refractivity contribution in [2.24, 2.45) is 0 Å². The summed E-state index contributed by atoms with van der Waals surface area (Å²) in [5.41, 5.74) is 1.17. The van der Waals surface area contributed by atoms with Crippen molar-refractivity contribution in [2.75, 3.05) is 34.3 Å². The summed E-state index contributed by atoms with van der Waals surface area (Å²) in [4.78, 5) is 29.6. The molecule has 0 saturated carbocycles. The molecule has 33 heavy (non-hydrogen) atoms. The third-order valence-corrected chi connectivity index (χ3v) is 5.84. The van der Waals surface area contributed by atoms with Crippen LogP contribution in [0.3, 0.4) is 0 Å². The smallest absolute Gasteiger partial charge is 0.295 e. The Morgan fingerprint density at radius 3 is 2.36 bits per heavy atom. The molecule has 1 saturated heterocycles. The second-order valence-electron chi connectivity index (χ2n) is 8.38. The van der Waals surface area contributed by atoms with Gasteiger partial charge in [-0.1, -0.05) is 34.1 Å². The highest BCUT2D eigenvalue weighted by Crippen LogP contribution is 2.42. The van der Waals surface area contributed by atoms with E-state index in [0.29, 0.717) is 35.7 Å². The SMILES string of the molecule is COc1cc(C2/C(=C(/O)c3ccc(Br)cc3)C(=O)C(=O)N2CCN(C)C)ccc1OC(C)C. The molecule has 1 atom stereocenters. The minimum absolute atomic E-state index is 0.0483. The maximum Gasteiger partial charge on any atom is 0.295 e. The van der Waals surface area contributed by atoms with Gasteiger partial charge in [0.15, 0.2) is 11.5 Å². The average Bonchev–Trinajstić information content (AvgIpc) is 3.02. The zero-order valence-corrected chi connectivity index (χ0v) is 21.0. The van der Waals surface area contributed by atoms with Crippen LogP contribution in [0.25, 0.3) is 5.76 Å². The summed E-state index contributed by atoms with van der Waals surface area (Å²) < 4.78 is 12.2. The monoisotopic (exact) mass is 516 g/mol. The average molecular weight is 517 g/mol. The summed E-state index contributed by atoms with van der Waals surface area (Å²) in [6, 6.07) is 11.5. The van der Waals surface area contributed by atoms with Gasteiger partial charge in [-0.25, -0.2) is 0 Å². The van der Waals surface area contributed by atoms with Crippen molar-refractivity contribution >= 4 is 33.4 Å². The number of carbonyl (C=O) groups excluding carboxylic acids is 2. The predicted molar refractivity (Wildman–Crippen MR) is 130 cm³/mol. The summed E-state index contributed by atoms with van der Waals surface area (Å²) in [6.45, 7) is 4.73. The Morgan fingerprint density at radius 1 is 1.12 bits per heavy atom. The molecule has 2 aromatic carbocycles. The molecule has 8 heteroatoms. The van der Waals surface area contributed by atoms with Crippen molar-refractivity contribution in [1.82, 2.24) is 9.80 Å². The summed E-state index contributed by atoms with van der Waals surface area (Å²) in [6.07, 6.45) is -0.0483. The second-order valence-corrected chi connectivity index (χ2v) is 9.30. The van der Waals surface area contributed by atoms with Crippen LogP contribution < -0.4 is 9.47 Å². The van der Waals surface area contributed by atoms with E-state index in [-0.39, 0.29) is 17.4 Å². The van der Waals surface area contributed by atoms with E-state index in [1.807, 2.05) is 32.8 Å². The van der Waals surface area contributed by atoms with Crippen LogP contribution in [0, 0.1) is 0 Å². The largest absolute Gasteiger partial charge is 0.507 e. The summed E-state index contributed by atoms with van der Waals surface area (Å²) in [5, 5.41) is 11.1. The van der Waals surface area contributed by atoms with Crippen molar-refractivity contribution in [3.63, 3.8) is 0 Å². The van der Waals surface area contributed by atoms with Crippen LogP contribution in [0.15, 0.2) is 52.5 Å². The van der Waals surface area contributed by atoms with Gasteiger partial charge < -0.3 is 24.4 Å². The number of ether oxygens (including phenoxy) is 2. The molecular formula is C25H29BrN2O5. The van der Waals surface area contributed by atoms with Crippen molar-refractivity contribution < 1.29 is 24.2 Å². The van der Waals surface area contributed by atoms with E-state index in [1.165, 1.54) is 12.0 Å². The molecule has 2 aromatic rings. The predicted octanol–water partition coefficient (Wildman–Crippen LogP) is 4.23. The standard InChI is InChI=1S/C25H29BrN2O5/c1-15(2)33-19-11-8-17(14-20(19)32-5)22-21(23(29)16-6-9-18(26)10-7-16)24(30)25(31)28(22)13-12-27(3)4/h6-11,14-15,22,29H,12-13H2,1-5H3/b23-21-. The lowest BCUT2D eigenvalue weighted by atomic mass is 9.95. The number of aliphatic hydroxyl groups is 1. The van der Waals surface area contributed by atoms with Crippen LogP contribution in [-0.2, 0) is 9.59 Å². The molecule has 1 N–H and O–H groups in total. The number of rotatable bonds is 8. The summed E-state index contributed by atoms with van der Waals surface area (Å²) >= 11 is 3.37. The fraction of sp³-hybridized carbons (Fsp3) is 0.360. The van der Waals surface area contributed by atoms with Crippen LogP contribution in [0.5, 0.6) is 11.5 Å². The maximum absolute atomic E-state index is 13.1. The molecule has 3 rings (SSSR count). The molecule has 1 unspecified atom stereocenters. The quantitative estimate of drug-likeness (QED) is 0.321. The lowest BCUT2D eigenvalue weighted by molar-refractivity contribution is -0.140. The Morgan fingerprint density at radius 2 is 1.79 bits per heavy atom. The number of methoxy groups -OCH3 is 1. The highest BCUT2D eigenvalue weighted by Gasteiger charge is 2.46. The highest BCUT2D eigenvalue weighted by molar-refractivity contribution is 9.10. The number of Topliss-reactive ketones (excluding diaryl/α,β-unsaturated/α-hetero) is 1. The van der Waals surface area contributed by atoms with Crippen LogP contribution in [-0.4, -0.2) is 67.0 Å². The first-order valence-electron chi connectivity index (χ1n) is 10.7. The topological polar surface area (TPSA) is 79.3 Å². The first kappa shape index (κ1) is 24.8. The number of halogens is 1. The third-order valence-electron chi connectivity index (χ3n) is 5.31. The van der Waals surface area contributed by atoms with Crippen molar-refractivity contribution in [3.05, 3.63) is 63.6 Å². The number of carbonyl (C=O) groups is 2. The molecule has 1 heterocycles. The molecule has 0 aliphatic carbocycles. The minimum atomic E-state index is -0.754. The van der Waals surface area contributed by atoms with Gasteiger partial charge in [0.2, 0.25) is 0 Å². The molecule has 1 amide bonds. The Hall–Kier alpha value is -2.84. The lowest BCUT2D eigenvalue weighted by Crippen LogP contribution is -2.35. The van der Waals surface area contributed by atoms with Gasteiger partial charge in [-0.3, -0.25) is 9.59 Å². The molecule has 0 spiro atoms. The maximum atomic E-state index is 13.1. The second kappa shape index (κ2) is 10.4. The molecule has 1 aliphatic heterocycles. The number of hydrogen-bond acceptors (Lipinski definition) is 6. The first-order chi connectivity index (χ1) is 15.6. The number of hydrogen-bond donors (Lipinski definition) is 1. The molecular weight excluding hydrogens is 488 g/mol. The fourth-order valence-electron chi connectivity index (χ4n) is 3.73. The van der Waals surface area contributed by atoms with Crippen LogP contribution >= 0.6 is 15.9 Å². The van der Waals surface area contributed by atoms with Crippen molar-refractivity contribution in [2.45, 2.75) is 26.0 Å². The van der Waals surface area contributed by atoms with E-state index in [4.69, 9.17) is 9.47 Å². The molecule has 0 bridgehead atoms. The Balaban J connectivity index is 2.16. The van der Waals surface area contributed by atoms with Crippen LogP contribution in [0.1, 0.15) is 31.0 Å². The van der Waals surface area contributed by atoms with Crippen LogP contribution in [0.4, 0.5) is 0 Å². The normalized spacial score (nSPS) is 17.8. The number of benzene rings is 2. The molecule has 1 aliphatic rings. The number of aliphatic hydroxyl groups excluding tert-OH is 1. The Bertz CT molecular complexity index is 1060. The zero-order valence-electron chi connectivity index (χ0n) is 19.5. The van der Waals surface area contributed by atoms with Gasteiger partial charge >= 0.3 is 0 Å². The van der Waals surface area contributed by atoms with Crippen molar-refractivity contribution in [1.29, 1.82) is 0 Å². The van der Waals surface area contributed by atoms with Gasteiger partial charge in [0.25, 0.3) is 11.7 Å². The van der Waals surface area contributed by atoms with Gasteiger partial charge in [-0.15, -0.1) is 0 Å². The summed E-state index contributed by atoms with van der Waals surface area (Å²) in [5.74, 6) is -0.500. The van der Waals surface area contributed by atoms with Crippen molar-refractivity contribution in [3.8, 4) is 11.5 Å². The van der Waals surface area contributed by atoms with Gasteiger partial charge in [0.1, 0.15) is 5.76 Å². The van der Waals surface area contributed by atoms with Gasteiger partial charge in [0, 0.05) is 23.1 Å². The van der Waals surface area contributed by atoms with Crippen LogP contribution in [0.2, 0.25) is 0 Å². The Kier molecular flexibility index (Phi) is 7.81. The molecule has 0 aromatic heterocycles. The van der Waals surface area contributed by atoms with E-state index >= 15 is 0 Å². The molecule has 1 fully saturated rings. The first-order valence-corrected chi connectivity index (χ1v) is 11.5. The minimum Gasteiger partial charge on any atom is -0.507 e. The van der Waals surface area contributed by atoms with E-state index in [0.717, 1.165) is 4.47 Å². The van der Waals surface area contributed by atoms with Gasteiger partial charge in [0.05, 0.1) is 24.8 Å². The number of amides is 1. The number of ketones is 1. The van der Waals surface area contributed by atoms with E-state index in [9.17, 15) is 14.7 Å². The fourth-order valence-corrected chi connectivity index (χ4v) is 4.00. The number of nitrogens with zero attached hydrogens (tertiary/aromatic N) is 2. The number of likely N-dealkylation sites (tertiary alicyclic amines) is 1. The zero-order chi connectivity index (χ0) is 24.3. The van der Waals surface area contributed by atoms with E-state index in [2.05, 4.69) is 15.9 Å². The third kappa shape index (κ3) is 5.39. The Labute approximate surface area is 202 Å². The van der Waals surface area contributed by atoms with E-state index in [1.54, 1.807) is 42.5 Å². The number of likely N-dealkylation sites (N-methyl/N-ethyl adjacent to an activating group) is 1. The lowest BCUT2D eigenvalue weighted by Gasteiger charge is -2.27. The van der Waals surface area contributed by atoms with Gasteiger partial charge in [-0.05, 0) is 57.8 Å². The molecule has 7 nitrogen and oxygen atoms in total. The summed E-state index contributed by atoms with van der Waals surface area (Å²) in [7, 11) is 5.33. The molecule has 176 valence electrons. The highest BCUT2D eigenvalue weighted by atomic mass is 79.9.